The van der Waals surface area contributed by atoms with Crippen LogP contribution < -0.4 is 24.8 Å². The van der Waals surface area contributed by atoms with Gasteiger partial charge in [0.1, 0.15) is 0 Å². The average molecular weight is 558 g/mol. The van der Waals surface area contributed by atoms with Gasteiger partial charge in [-0.25, -0.2) is 0 Å². The van der Waals surface area contributed by atoms with Gasteiger partial charge < -0.3 is 24.8 Å². The molecule has 0 aromatic heterocycles. The molecule has 0 N–H and O–H groups in total. The summed E-state index contributed by atoms with van der Waals surface area (Å²) in [6.45, 7) is 2.29. The minimum Gasteiger partial charge on any atom is -1.00 e. The van der Waals surface area contributed by atoms with E-state index in [1.54, 1.807) is 0 Å². The van der Waals surface area contributed by atoms with Crippen molar-refractivity contribution in [3.63, 3.8) is 0 Å². The van der Waals surface area contributed by atoms with Crippen molar-refractivity contribution in [2.45, 2.75) is 12.8 Å². The molecule has 34 heavy (non-hydrogen) atoms. The second-order valence-electron chi connectivity index (χ2n) is 8.35. The van der Waals surface area contributed by atoms with Gasteiger partial charge >= 0.3 is 26.2 Å². The van der Waals surface area contributed by atoms with E-state index in [9.17, 15) is 0 Å². The molecule has 0 saturated carbocycles. The molecule has 5 aromatic carbocycles. The summed E-state index contributed by atoms with van der Waals surface area (Å²) in [6, 6.07) is 41.9. The van der Waals surface area contributed by atoms with Crippen LogP contribution in [0.2, 0.25) is 0 Å². The zero-order valence-corrected chi connectivity index (χ0v) is 22.8. The minimum absolute atomic E-state index is 0. The molecule has 0 nitrogen and oxygen atoms in total. The molecule has 1 aliphatic carbocycles. The minimum atomic E-state index is 0. The Morgan fingerprint density at radius 1 is 0.618 bits per heavy atom. The number of halogens is 2. The zero-order chi connectivity index (χ0) is 20.8. The SMILES string of the molecule is CC1=C(c2ccccc2)C(c2c(-c3ccccc3)[cH-]c3ccccc23)c2ccccc21.[Cl-].[Cl-].[Zr+3]. The molecule has 0 saturated heterocycles. The van der Waals surface area contributed by atoms with E-state index in [1.807, 2.05) is 0 Å². The third-order valence-electron chi connectivity index (χ3n) is 6.67. The second-order valence-corrected chi connectivity index (χ2v) is 8.35. The van der Waals surface area contributed by atoms with Crippen molar-refractivity contribution >= 4 is 21.9 Å². The van der Waals surface area contributed by atoms with Crippen molar-refractivity contribution in [1.29, 1.82) is 0 Å². The molecule has 5 aromatic rings. The summed E-state index contributed by atoms with van der Waals surface area (Å²) in [7, 11) is 0. The molecule has 0 amide bonds. The maximum atomic E-state index is 2.37. The molecule has 1 unspecified atom stereocenters. The van der Waals surface area contributed by atoms with Crippen LogP contribution in [0.15, 0.2) is 115 Å². The number of benzene rings is 4. The topological polar surface area (TPSA) is 0 Å². The average Bonchev–Trinajstić information content (AvgIpc) is 3.35. The van der Waals surface area contributed by atoms with Crippen LogP contribution in [0.4, 0.5) is 0 Å². The van der Waals surface area contributed by atoms with Crippen molar-refractivity contribution in [2.24, 2.45) is 0 Å². The fraction of sp³-hybridized carbons (Fsp3) is 0.0645. The van der Waals surface area contributed by atoms with Crippen molar-refractivity contribution in [3.05, 3.63) is 138 Å². The molecule has 0 heterocycles. The van der Waals surface area contributed by atoms with Gasteiger partial charge in [0.15, 0.2) is 0 Å². The quantitative estimate of drug-likeness (QED) is 0.299. The summed E-state index contributed by atoms with van der Waals surface area (Å²) >= 11 is 0. The van der Waals surface area contributed by atoms with Crippen LogP contribution in [0.3, 0.4) is 0 Å². The van der Waals surface area contributed by atoms with Crippen molar-refractivity contribution in [1.82, 2.24) is 0 Å². The normalized spacial score (nSPS) is 14.1. The molecule has 6 rings (SSSR count). The Bertz CT molecular complexity index is 1430. The molecule has 0 bridgehead atoms. The molecule has 0 spiro atoms. The summed E-state index contributed by atoms with van der Waals surface area (Å²) < 4.78 is 0. The van der Waals surface area contributed by atoms with E-state index in [2.05, 4.69) is 122 Å². The van der Waals surface area contributed by atoms with Gasteiger partial charge in [-0.15, -0.1) is 34.0 Å². The van der Waals surface area contributed by atoms with E-state index >= 15 is 0 Å². The van der Waals surface area contributed by atoms with Crippen LogP contribution in [-0.2, 0) is 26.2 Å². The smallest absolute Gasteiger partial charge is 1.00 e. The number of hydrogen-bond acceptors (Lipinski definition) is 0. The van der Waals surface area contributed by atoms with Gasteiger partial charge in [-0.1, -0.05) is 109 Å². The van der Waals surface area contributed by atoms with Crippen LogP contribution in [0, 0.1) is 0 Å². The summed E-state index contributed by atoms with van der Waals surface area (Å²) in [5, 5.41) is 2.66. The summed E-state index contributed by atoms with van der Waals surface area (Å²) in [6.07, 6.45) is 0. The van der Waals surface area contributed by atoms with E-state index in [-0.39, 0.29) is 56.9 Å². The van der Waals surface area contributed by atoms with Gasteiger partial charge in [-0.05, 0) is 34.8 Å². The molecule has 0 fully saturated rings. The van der Waals surface area contributed by atoms with E-state index in [4.69, 9.17) is 0 Å². The van der Waals surface area contributed by atoms with Crippen LogP contribution in [0.1, 0.15) is 35.1 Å². The molecular weight excluding hydrogens is 534 g/mol. The van der Waals surface area contributed by atoms with Crippen molar-refractivity contribution in [2.75, 3.05) is 0 Å². The maximum Gasteiger partial charge on any atom is 3.00 e. The fourth-order valence-corrected chi connectivity index (χ4v) is 5.32. The Morgan fingerprint density at radius 2 is 1.18 bits per heavy atom. The molecule has 165 valence electrons. The maximum absolute atomic E-state index is 2.37. The Morgan fingerprint density at radius 3 is 1.88 bits per heavy atom. The molecule has 0 aliphatic heterocycles. The summed E-state index contributed by atoms with van der Waals surface area (Å²) in [5.74, 6) is 0.216. The predicted octanol–water partition coefficient (Wildman–Crippen LogP) is 2.31. The van der Waals surface area contributed by atoms with E-state index in [0.717, 1.165) is 0 Å². The van der Waals surface area contributed by atoms with Crippen molar-refractivity contribution < 1.29 is 51.0 Å². The Kier molecular flexibility index (Phi) is 8.48. The second kappa shape index (κ2) is 11.0. The summed E-state index contributed by atoms with van der Waals surface area (Å²) in [5.41, 5.74) is 10.9. The number of hydrogen-bond donors (Lipinski definition) is 0. The van der Waals surface area contributed by atoms with Gasteiger partial charge in [0.2, 0.25) is 0 Å². The van der Waals surface area contributed by atoms with Crippen LogP contribution in [0.5, 0.6) is 0 Å². The number of allylic oxidation sites excluding steroid dienone is 2. The number of fused-ring (bicyclic) bond motifs is 2. The standard InChI is InChI=1S/C31H23.2ClH.Zr/c1-21-25-17-10-11-19-27(25)31(29(21)23-14-6-3-7-15-23)30-26-18-9-8-16-24(26)20-28(30)22-12-4-2-5-13-22;;;/h2-20,31H,1H3;2*1H;/q-1;;;+3/p-2. The number of rotatable bonds is 3. The molecule has 1 aliphatic rings. The van der Waals surface area contributed by atoms with E-state index in [1.165, 1.54) is 55.3 Å². The fourth-order valence-electron chi connectivity index (χ4n) is 5.32. The van der Waals surface area contributed by atoms with E-state index in [0.29, 0.717) is 0 Å². The first-order valence-electron chi connectivity index (χ1n) is 10.9. The Balaban J connectivity index is 0.00000108. The molecule has 3 heteroatoms. The molecule has 1 radical (unpaired) electrons. The third-order valence-corrected chi connectivity index (χ3v) is 6.67. The largest absolute Gasteiger partial charge is 3.00 e. The monoisotopic (exact) mass is 555 g/mol. The van der Waals surface area contributed by atoms with Gasteiger partial charge in [-0.2, -0.15) is 0 Å². The van der Waals surface area contributed by atoms with Gasteiger partial charge in [0.05, 0.1) is 0 Å². The van der Waals surface area contributed by atoms with Gasteiger partial charge in [0, 0.05) is 5.92 Å². The zero-order valence-electron chi connectivity index (χ0n) is 18.8. The Hall–Kier alpha value is -2.31. The first-order valence-corrected chi connectivity index (χ1v) is 10.9. The first-order chi connectivity index (χ1) is 15.3. The molecular formula is C31H23Cl2Zr. The van der Waals surface area contributed by atoms with Crippen LogP contribution in [-0.4, -0.2) is 0 Å². The molecule has 1 atom stereocenters. The summed E-state index contributed by atoms with van der Waals surface area (Å²) in [4.78, 5) is 0. The van der Waals surface area contributed by atoms with Gasteiger partial charge in [-0.3, -0.25) is 0 Å². The van der Waals surface area contributed by atoms with E-state index < -0.39 is 0 Å². The van der Waals surface area contributed by atoms with Crippen molar-refractivity contribution in [3.8, 4) is 11.1 Å². The van der Waals surface area contributed by atoms with Crippen LogP contribution >= 0.6 is 0 Å². The van der Waals surface area contributed by atoms with Crippen LogP contribution in [0.25, 0.3) is 33.0 Å². The van der Waals surface area contributed by atoms with Gasteiger partial charge in [0.25, 0.3) is 0 Å². The third kappa shape index (κ3) is 4.27. The first kappa shape index (κ1) is 26.3. The Labute approximate surface area is 233 Å². The predicted molar refractivity (Wildman–Crippen MR) is 132 cm³/mol.